The highest BCUT2D eigenvalue weighted by Crippen LogP contribution is 2.10. The lowest BCUT2D eigenvalue weighted by Gasteiger charge is -2.12. The van der Waals surface area contributed by atoms with Crippen LogP contribution in [0.25, 0.3) is 0 Å². The summed E-state index contributed by atoms with van der Waals surface area (Å²) >= 11 is 0. The van der Waals surface area contributed by atoms with E-state index in [-0.39, 0.29) is 17.0 Å². The van der Waals surface area contributed by atoms with Crippen molar-refractivity contribution in [2.45, 2.75) is 31.3 Å². The number of rotatable bonds is 6. The van der Waals surface area contributed by atoms with Gasteiger partial charge < -0.3 is 10.6 Å². The van der Waals surface area contributed by atoms with Crippen LogP contribution >= 0.6 is 0 Å². The molecule has 6 nitrogen and oxygen atoms in total. The largest absolute Gasteiger partial charge is 0.325 e. The first-order chi connectivity index (χ1) is 8.82. The van der Waals surface area contributed by atoms with Gasteiger partial charge in [0, 0.05) is 18.7 Å². The van der Waals surface area contributed by atoms with Crippen molar-refractivity contribution in [2.24, 2.45) is 0 Å². The zero-order valence-electron chi connectivity index (χ0n) is 11.3. The Hall–Kier alpha value is -1.47. The monoisotopic (exact) mass is 285 g/mol. The van der Waals surface area contributed by atoms with Gasteiger partial charge in [0.15, 0.2) is 14.9 Å². The number of carbonyl (C=O) groups is 1. The highest BCUT2D eigenvalue weighted by Gasteiger charge is 2.10. The summed E-state index contributed by atoms with van der Waals surface area (Å²) in [6.07, 6.45) is 2.78. The van der Waals surface area contributed by atoms with Crippen molar-refractivity contribution in [3.05, 3.63) is 18.3 Å². The molecule has 0 fully saturated rings. The Morgan fingerprint density at radius 3 is 2.58 bits per heavy atom. The molecule has 0 aliphatic heterocycles. The molecule has 0 saturated carbocycles. The molecule has 106 valence electrons. The lowest BCUT2D eigenvalue weighted by Crippen LogP contribution is -2.30. The van der Waals surface area contributed by atoms with Gasteiger partial charge in [0.05, 0.1) is 11.9 Å². The SMILES string of the molecule is CCNC(C)CC(=O)Nc1ccc(S(C)(=O)=O)nc1. The summed E-state index contributed by atoms with van der Waals surface area (Å²) in [6.45, 7) is 4.70. The van der Waals surface area contributed by atoms with E-state index in [0.29, 0.717) is 12.1 Å². The number of carbonyl (C=O) groups excluding carboxylic acids is 1. The zero-order chi connectivity index (χ0) is 14.5. The maximum Gasteiger partial charge on any atom is 0.225 e. The predicted octanol–water partition coefficient (Wildman–Crippen LogP) is 0.812. The fourth-order valence-electron chi connectivity index (χ4n) is 1.58. The summed E-state index contributed by atoms with van der Waals surface area (Å²) in [7, 11) is -3.31. The van der Waals surface area contributed by atoms with Gasteiger partial charge in [-0.2, -0.15) is 0 Å². The van der Waals surface area contributed by atoms with Crippen LogP contribution in [0.2, 0.25) is 0 Å². The van der Waals surface area contributed by atoms with Gasteiger partial charge in [-0.1, -0.05) is 6.92 Å². The molecule has 0 aliphatic rings. The molecule has 1 amide bonds. The average molecular weight is 285 g/mol. The molecule has 1 unspecified atom stereocenters. The molecule has 1 aromatic heterocycles. The van der Waals surface area contributed by atoms with Crippen LogP contribution in [0, 0.1) is 0 Å². The Morgan fingerprint density at radius 1 is 1.42 bits per heavy atom. The number of hydrogen-bond donors (Lipinski definition) is 2. The van der Waals surface area contributed by atoms with E-state index in [1.54, 1.807) is 0 Å². The highest BCUT2D eigenvalue weighted by atomic mass is 32.2. The number of nitrogens with zero attached hydrogens (tertiary/aromatic N) is 1. The van der Waals surface area contributed by atoms with E-state index in [4.69, 9.17) is 0 Å². The van der Waals surface area contributed by atoms with E-state index in [1.807, 2.05) is 13.8 Å². The molecule has 0 saturated heterocycles. The molecule has 7 heteroatoms. The molecule has 2 N–H and O–H groups in total. The molecule has 0 aromatic carbocycles. The smallest absolute Gasteiger partial charge is 0.225 e. The summed E-state index contributed by atoms with van der Waals surface area (Å²) in [5.74, 6) is -0.137. The number of nitrogens with one attached hydrogen (secondary N) is 2. The standard InChI is InChI=1S/C12H19N3O3S/c1-4-13-9(2)7-11(16)15-10-5-6-12(14-8-10)19(3,17)18/h5-6,8-9,13H,4,7H2,1-3H3,(H,15,16). The van der Waals surface area contributed by atoms with Gasteiger partial charge in [-0.25, -0.2) is 13.4 Å². The second-order valence-electron chi connectivity index (χ2n) is 4.37. The van der Waals surface area contributed by atoms with Gasteiger partial charge in [-0.15, -0.1) is 0 Å². The van der Waals surface area contributed by atoms with Crippen molar-refractivity contribution >= 4 is 21.4 Å². The number of amides is 1. The molecular weight excluding hydrogens is 266 g/mol. The van der Waals surface area contributed by atoms with Crippen molar-refractivity contribution in [2.75, 3.05) is 18.1 Å². The zero-order valence-corrected chi connectivity index (χ0v) is 12.1. The van der Waals surface area contributed by atoms with Crippen LogP contribution in [-0.4, -0.2) is 38.2 Å². The molecule has 1 aromatic rings. The second-order valence-corrected chi connectivity index (χ2v) is 6.33. The first kappa shape index (κ1) is 15.6. The quantitative estimate of drug-likeness (QED) is 0.807. The van der Waals surface area contributed by atoms with Crippen molar-refractivity contribution in [3.63, 3.8) is 0 Å². The Labute approximate surface area is 113 Å². The van der Waals surface area contributed by atoms with Crippen LogP contribution in [0.3, 0.4) is 0 Å². The lowest BCUT2D eigenvalue weighted by molar-refractivity contribution is -0.116. The molecule has 1 rings (SSSR count). The van der Waals surface area contributed by atoms with E-state index in [1.165, 1.54) is 18.3 Å². The third kappa shape index (κ3) is 5.35. The van der Waals surface area contributed by atoms with Crippen LogP contribution in [0.4, 0.5) is 5.69 Å². The minimum Gasteiger partial charge on any atom is -0.325 e. The summed E-state index contributed by atoms with van der Waals surface area (Å²) in [5, 5.41) is 5.80. The normalized spacial score (nSPS) is 13.0. The lowest BCUT2D eigenvalue weighted by atomic mass is 10.2. The van der Waals surface area contributed by atoms with Crippen LogP contribution in [0.5, 0.6) is 0 Å². The van der Waals surface area contributed by atoms with Crippen LogP contribution in [0.1, 0.15) is 20.3 Å². The molecule has 0 radical (unpaired) electrons. The molecular formula is C12H19N3O3S. The Balaban J connectivity index is 2.61. The topological polar surface area (TPSA) is 88.2 Å². The maximum atomic E-state index is 11.7. The minimum atomic E-state index is -3.31. The van der Waals surface area contributed by atoms with Gasteiger partial charge in [0.25, 0.3) is 0 Å². The van der Waals surface area contributed by atoms with Gasteiger partial charge in [0.2, 0.25) is 5.91 Å². The number of sulfone groups is 1. The molecule has 1 atom stereocenters. The van der Waals surface area contributed by atoms with E-state index in [2.05, 4.69) is 15.6 Å². The average Bonchev–Trinajstić information content (AvgIpc) is 2.28. The third-order valence-electron chi connectivity index (χ3n) is 2.44. The van der Waals surface area contributed by atoms with Gasteiger partial charge in [-0.3, -0.25) is 4.79 Å². The third-order valence-corrected chi connectivity index (χ3v) is 3.45. The Kier molecular flexibility index (Phi) is 5.44. The van der Waals surface area contributed by atoms with E-state index in [9.17, 15) is 13.2 Å². The van der Waals surface area contributed by atoms with Crippen LogP contribution < -0.4 is 10.6 Å². The van der Waals surface area contributed by atoms with E-state index >= 15 is 0 Å². The van der Waals surface area contributed by atoms with Crippen molar-refractivity contribution in [1.29, 1.82) is 0 Å². The van der Waals surface area contributed by atoms with Crippen LogP contribution in [-0.2, 0) is 14.6 Å². The fraction of sp³-hybridized carbons (Fsp3) is 0.500. The maximum absolute atomic E-state index is 11.7. The summed E-state index contributed by atoms with van der Waals surface area (Å²) in [6, 6.07) is 2.99. The molecule has 19 heavy (non-hydrogen) atoms. The first-order valence-corrected chi connectivity index (χ1v) is 7.91. The highest BCUT2D eigenvalue weighted by molar-refractivity contribution is 7.90. The predicted molar refractivity (Wildman–Crippen MR) is 73.7 cm³/mol. The number of pyridine rings is 1. The van der Waals surface area contributed by atoms with E-state index < -0.39 is 9.84 Å². The van der Waals surface area contributed by atoms with Crippen molar-refractivity contribution in [1.82, 2.24) is 10.3 Å². The van der Waals surface area contributed by atoms with Gasteiger partial charge >= 0.3 is 0 Å². The van der Waals surface area contributed by atoms with Gasteiger partial charge in [-0.05, 0) is 25.6 Å². The number of aromatic nitrogens is 1. The van der Waals surface area contributed by atoms with Crippen molar-refractivity contribution < 1.29 is 13.2 Å². The molecule has 0 bridgehead atoms. The minimum absolute atomic E-state index is 0.00785. The summed E-state index contributed by atoms with van der Waals surface area (Å²) in [5.41, 5.74) is 0.487. The van der Waals surface area contributed by atoms with E-state index in [0.717, 1.165) is 12.8 Å². The van der Waals surface area contributed by atoms with Crippen molar-refractivity contribution in [3.8, 4) is 0 Å². The Bertz CT molecular complexity index is 526. The second kappa shape index (κ2) is 6.63. The summed E-state index contributed by atoms with van der Waals surface area (Å²) < 4.78 is 22.5. The summed E-state index contributed by atoms with van der Waals surface area (Å²) in [4.78, 5) is 15.5. The molecule has 0 aliphatic carbocycles. The molecule has 1 heterocycles. The van der Waals surface area contributed by atoms with Crippen LogP contribution in [0.15, 0.2) is 23.4 Å². The molecule has 0 spiro atoms. The number of anilines is 1. The fourth-order valence-corrected chi connectivity index (χ4v) is 2.14. The van der Waals surface area contributed by atoms with Gasteiger partial charge in [0.1, 0.15) is 0 Å². The Morgan fingerprint density at radius 2 is 2.11 bits per heavy atom. The first-order valence-electron chi connectivity index (χ1n) is 6.02. The number of hydrogen-bond acceptors (Lipinski definition) is 5.